The molecule has 3 aromatic rings. The zero-order valence-corrected chi connectivity index (χ0v) is 13.1. The number of pyridine rings is 1. The molecule has 116 valence electrons. The van der Waals surface area contributed by atoms with E-state index in [9.17, 15) is 4.79 Å². The fourth-order valence-corrected chi connectivity index (χ4v) is 2.59. The van der Waals surface area contributed by atoms with Crippen LogP contribution in [0.1, 0.15) is 23.4 Å². The van der Waals surface area contributed by atoms with E-state index in [4.69, 9.17) is 0 Å². The van der Waals surface area contributed by atoms with Gasteiger partial charge in [-0.15, -0.1) is 0 Å². The van der Waals surface area contributed by atoms with Gasteiger partial charge in [-0.1, -0.05) is 30.3 Å². The zero-order valence-electron chi connectivity index (χ0n) is 13.1. The Labute approximate surface area is 135 Å². The van der Waals surface area contributed by atoms with Crippen LogP contribution < -0.4 is 5.56 Å². The Hall–Kier alpha value is -2.75. The van der Waals surface area contributed by atoms with Crippen LogP contribution in [0.3, 0.4) is 0 Å². The first kappa shape index (κ1) is 15.2. The number of rotatable bonds is 5. The number of nitrogens with one attached hydrogen (secondary N) is 1. The van der Waals surface area contributed by atoms with Crippen molar-refractivity contribution in [2.45, 2.75) is 26.2 Å². The average Bonchev–Trinajstić information content (AvgIpc) is 2.59. The summed E-state index contributed by atoms with van der Waals surface area (Å²) >= 11 is 0. The Kier molecular flexibility index (Phi) is 4.62. The lowest BCUT2D eigenvalue weighted by Gasteiger charge is -2.08. The smallest absolute Gasteiger partial charge is 0.254 e. The number of nitrogens with zero attached hydrogens (tertiary/aromatic N) is 2. The van der Waals surface area contributed by atoms with Gasteiger partial charge in [-0.2, -0.15) is 0 Å². The first-order valence-corrected chi connectivity index (χ1v) is 7.78. The van der Waals surface area contributed by atoms with E-state index >= 15 is 0 Å². The number of H-pyrrole nitrogens is 1. The average molecular weight is 305 g/mol. The largest absolute Gasteiger partial charge is 0.310 e. The summed E-state index contributed by atoms with van der Waals surface area (Å²) in [6.45, 7) is 1.80. The monoisotopic (exact) mass is 305 g/mol. The van der Waals surface area contributed by atoms with E-state index in [1.165, 1.54) is 5.56 Å². The molecule has 0 saturated carbocycles. The quantitative estimate of drug-likeness (QED) is 0.786. The third kappa shape index (κ3) is 3.72. The highest BCUT2D eigenvalue weighted by molar-refractivity contribution is 5.61. The van der Waals surface area contributed by atoms with Crippen molar-refractivity contribution in [1.82, 2.24) is 15.0 Å². The summed E-state index contributed by atoms with van der Waals surface area (Å²) in [4.78, 5) is 23.7. The summed E-state index contributed by atoms with van der Waals surface area (Å²) in [7, 11) is 0. The van der Waals surface area contributed by atoms with Crippen LogP contribution in [0, 0.1) is 6.92 Å². The fourth-order valence-electron chi connectivity index (χ4n) is 2.59. The highest BCUT2D eigenvalue weighted by Crippen LogP contribution is 2.18. The maximum Gasteiger partial charge on any atom is 0.254 e. The molecule has 23 heavy (non-hydrogen) atoms. The van der Waals surface area contributed by atoms with Gasteiger partial charge in [0, 0.05) is 29.9 Å². The summed E-state index contributed by atoms with van der Waals surface area (Å²) in [5.74, 6) is 0.739. The Morgan fingerprint density at radius 1 is 1.00 bits per heavy atom. The molecule has 4 nitrogen and oxygen atoms in total. The molecule has 0 amide bonds. The summed E-state index contributed by atoms with van der Waals surface area (Å²) in [6, 6.07) is 14.1. The molecule has 0 unspecified atom stereocenters. The van der Waals surface area contributed by atoms with E-state index in [-0.39, 0.29) is 5.56 Å². The lowest BCUT2D eigenvalue weighted by Crippen LogP contribution is -2.16. The van der Waals surface area contributed by atoms with Crippen molar-refractivity contribution >= 4 is 0 Å². The number of hydrogen-bond acceptors (Lipinski definition) is 3. The van der Waals surface area contributed by atoms with Gasteiger partial charge in [0.25, 0.3) is 5.56 Å². The molecular formula is C19H19N3O. The van der Waals surface area contributed by atoms with Crippen LogP contribution in [0.4, 0.5) is 0 Å². The molecule has 3 rings (SSSR count). The molecule has 0 fully saturated rings. The topological polar surface area (TPSA) is 58.6 Å². The number of hydrogen-bond donors (Lipinski definition) is 1. The Balaban J connectivity index is 1.78. The molecule has 0 aliphatic carbocycles. The minimum absolute atomic E-state index is 0.0680. The normalized spacial score (nSPS) is 10.7. The van der Waals surface area contributed by atoms with Crippen LogP contribution in [0.5, 0.6) is 0 Å². The molecule has 2 heterocycles. The van der Waals surface area contributed by atoms with E-state index in [1.807, 2.05) is 30.3 Å². The number of aryl methyl sites for hydroxylation is 2. The second-order valence-corrected chi connectivity index (χ2v) is 5.56. The van der Waals surface area contributed by atoms with Crippen molar-refractivity contribution in [3.8, 4) is 11.3 Å². The predicted molar refractivity (Wildman–Crippen MR) is 91.3 cm³/mol. The lowest BCUT2D eigenvalue weighted by molar-refractivity contribution is 0.764. The van der Waals surface area contributed by atoms with Crippen LogP contribution >= 0.6 is 0 Å². The molecule has 0 saturated heterocycles. The molecule has 4 heteroatoms. The van der Waals surface area contributed by atoms with Crippen molar-refractivity contribution in [2.24, 2.45) is 0 Å². The van der Waals surface area contributed by atoms with E-state index in [0.29, 0.717) is 5.56 Å². The first-order valence-electron chi connectivity index (χ1n) is 7.78. The maximum absolute atomic E-state index is 12.2. The van der Waals surface area contributed by atoms with Gasteiger partial charge in [-0.25, -0.2) is 4.98 Å². The highest BCUT2D eigenvalue weighted by Gasteiger charge is 2.09. The SMILES string of the molecule is Cc1c(-c2ccncc2)nc(CCCc2ccccc2)[nH]c1=O. The molecule has 0 aliphatic heterocycles. The van der Waals surface area contributed by atoms with Crippen molar-refractivity contribution in [3.63, 3.8) is 0 Å². The van der Waals surface area contributed by atoms with Crippen molar-refractivity contribution in [2.75, 3.05) is 0 Å². The second kappa shape index (κ2) is 7.01. The highest BCUT2D eigenvalue weighted by atomic mass is 16.1. The van der Waals surface area contributed by atoms with Gasteiger partial charge in [0.1, 0.15) is 5.82 Å². The van der Waals surface area contributed by atoms with Gasteiger partial charge in [0.2, 0.25) is 0 Å². The molecule has 0 spiro atoms. The number of aromatic amines is 1. The van der Waals surface area contributed by atoms with Crippen LogP contribution in [0.2, 0.25) is 0 Å². The van der Waals surface area contributed by atoms with Crippen LogP contribution in [-0.2, 0) is 12.8 Å². The first-order chi connectivity index (χ1) is 11.2. The third-order valence-electron chi connectivity index (χ3n) is 3.88. The molecule has 1 aromatic carbocycles. The lowest BCUT2D eigenvalue weighted by atomic mass is 10.1. The zero-order chi connectivity index (χ0) is 16.1. The second-order valence-electron chi connectivity index (χ2n) is 5.56. The molecule has 2 aromatic heterocycles. The van der Waals surface area contributed by atoms with E-state index in [0.717, 1.165) is 36.3 Å². The summed E-state index contributed by atoms with van der Waals surface area (Å²) in [5.41, 5.74) is 3.54. The number of aromatic nitrogens is 3. The van der Waals surface area contributed by atoms with Gasteiger partial charge in [-0.3, -0.25) is 9.78 Å². The molecule has 0 atom stereocenters. The summed E-state index contributed by atoms with van der Waals surface area (Å²) < 4.78 is 0. The molecule has 1 N–H and O–H groups in total. The van der Waals surface area contributed by atoms with E-state index in [2.05, 4.69) is 27.1 Å². The third-order valence-corrected chi connectivity index (χ3v) is 3.88. The fraction of sp³-hybridized carbons (Fsp3) is 0.211. The maximum atomic E-state index is 12.2. The van der Waals surface area contributed by atoms with Crippen LogP contribution in [-0.4, -0.2) is 15.0 Å². The van der Waals surface area contributed by atoms with Crippen molar-refractivity contribution in [1.29, 1.82) is 0 Å². The van der Waals surface area contributed by atoms with Gasteiger partial charge >= 0.3 is 0 Å². The standard InChI is InChI=1S/C19H19N3O/c1-14-18(16-10-12-20-13-11-16)21-17(22-19(14)23)9-5-8-15-6-3-2-4-7-15/h2-4,6-7,10-13H,5,8-9H2,1H3,(H,21,22,23). The minimum Gasteiger partial charge on any atom is -0.310 e. The van der Waals surface area contributed by atoms with Crippen molar-refractivity contribution < 1.29 is 0 Å². The summed E-state index contributed by atoms with van der Waals surface area (Å²) in [6.07, 6.45) is 6.11. The predicted octanol–water partition coefficient (Wildman–Crippen LogP) is 3.32. The Morgan fingerprint density at radius 3 is 2.48 bits per heavy atom. The van der Waals surface area contributed by atoms with Gasteiger partial charge < -0.3 is 4.98 Å². The van der Waals surface area contributed by atoms with Gasteiger partial charge in [0.15, 0.2) is 0 Å². The number of benzene rings is 1. The van der Waals surface area contributed by atoms with Crippen LogP contribution in [0.25, 0.3) is 11.3 Å². The van der Waals surface area contributed by atoms with E-state index in [1.54, 1.807) is 19.3 Å². The molecule has 0 bridgehead atoms. The van der Waals surface area contributed by atoms with Gasteiger partial charge in [0.05, 0.1) is 5.69 Å². The van der Waals surface area contributed by atoms with Gasteiger partial charge in [-0.05, 0) is 37.5 Å². The Morgan fingerprint density at radius 2 is 1.74 bits per heavy atom. The van der Waals surface area contributed by atoms with Crippen LogP contribution in [0.15, 0.2) is 59.7 Å². The van der Waals surface area contributed by atoms with Crippen molar-refractivity contribution in [3.05, 3.63) is 82.2 Å². The molecule has 0 radical (unpaired) electrons. The van der Waals surface area contributed by atoms with E-state index < -0.39 is 0 Å². The molecule has 0 aliphatic rings. The Bertz CT molecular complexity index is 826. The summed E-state index contributed by atoms with van der Waals surface area (Å²) in [5, 5.41) is 0. The molecular weight excluding hydrogens is 286 g/mol. The minimum atomic E-state index is -0.0680.